The van der Waals surface area contributed by atoms with Gasteiger partial charge in [-0.3, -0.25) is 0 Å². The molecule has 0 aliphatic carbocycles. The number of halogens is 3. The predicted molar refractivity (Wildman–Crippen MR) is 46.5 cm³/mol. The molecular weight excluding hydrogens is 263 g/mol. The zero-order valence-corrected chi connectivity index (χ0v) is 8.46. The second-order valence-corrected chi connectivity index (χ2v) is 3.79. The standard InChI is InChI=1S/C7H5Br2F/c1-4-2-5(8)3-6(9)7(4)10/h2-3H,1H3. The van der Waals surface area contributed by atoms with Gasteiger partial charge >= 0.3 is 0 Å². The van der Waals surface area contributed by atoms with Gasteiger partial charge in [0.2, 0.25) is 0 Å². The average Bonchev–Trinajstić information content (AvgIpc) is 1.82. The number of benzene rings is 1. The summed E-state index contributed by atoms with van der Waals surface area (Å²) in [5.74, 6) is -0.191. The van der Waals surface area contributed by atoms with Crippen LogP contribution in [-0.2, 0) is 0 Å². The average molecular weight is 268 g/mol. The van der Waals surface area contributed by atoms with Crippen LogP contribution >= 0.6 is 31.9 Å². The molecule has 1 rings (SSSR count). The lowest BCUT2D eigenvalue weighted by Gasteiger charge is -1.98. The summed E-state index contributed by atoms with van der Waals surface area (Å²) >= 11 is 6.34. The molecule has 0 saturated heterocycles. The van der Waals surface area contributed by atoms with Gasteiger partial charge in [0.1, 0.15) is 5.82 Å². The highest BCUT2D eigenvalue weighted by molar-refractivity contribution is 9.11. The Kier molecular flexibility index (Phi) is 2.47. The molecule has 0 saturated carbocycles. The Morgan fingerprint density at radius 1 is 1.30 bits per heavy atom. The van der Waals surface area contributed by atoms with Gasteiger partial charge in [-0.2, -0.15) is 0 Å². The molecule has 0 amide bonds. The maximum Gasteiger partial charge on any atom is 0.140 e. The van der Waals surface area contributed by atoms with Crippen molar-refractivity contribution in [1.82, 2.24) is 0 Å². The van der Waals surface area contributed by atoms with Gasteiger partial charge in [0.05, 0.1) is 4.47 Å². The maximum atomic E-state index is 12.8. The van der Waals surface area contributed by atoms with Crippen LogP contribution in [0, 0.1) is 12.7 Å². The molecule has 1 aromatic carbocycles. The zero-order chi connectivity index (χ0) is 7.72. The summed E-state index contributed by atoms with van der Waals surface area (Å²) in [6.07, 6.45) is 0. The van der Waals surface area contributed by atoms with Crippen molar-refractivity contribution >= 4 is 31.9 Å². The van der Waals surface area contributed by atoms with Crippen molar-refractivity contribution in [3.63, 3.8) is 0 Å². The fourth-order valence-corrected chi connectivity index (χ4v) is 2.12. The van der Waals surface area contributed by atoms with Crippen LogP contribution in [0.15, 0.2) is 21.1 Å². The minimum Gasteiger partial charge on any atom is -0.205 e. The van der Waals surface area contributed by atoms with Crippen LogP contribution in [0.5, 0.6) is 0 Å². The van der Waals surface area contributed by atoms with Crippen molar-refractivity contribution in [2.45, 2.75) is 6.92 Å². The molecule has 0 atom stereocenters. The van der Waals surface area contributed by atoms with E-state index in [4.69, 9.17) is 0 Å². The van der Waals surface area contributed by atoms with Crippen LogP contribution < -0.4 is 0 Å². The van der Waals surface area contributed by atoms with Gasteiger partial charge in [-0.15, -0.1) is 0 Å². The Labute approximate surface area is 75.7 Å². The van der Waals surface area contributed by atoms with E-state index in [9.17, 15) is 4.39 Å². The summed E-state index contributed by atoms with van der Waals surface area (Å²) in [5, 5.41) is 0. The summed E-state index contributed by atoms with van der Waals surface area (Å²) in [6.45, 7) is 1.73. The van der Waals surface area contributed by atoms with E-state index in [0.29, 0.717) is 10.0 Å². The number of hydrogen-bond donors (Lipinski definition) is 0. The molecule has 0 aromatic heterocycles. The molecule has 0 aliphatic rings. The predicted octanol–water partition coefficient (Wildman–Crippen LogP) is 3.66. The molecule has 0 heterocycles. The van der Waals surface area contributed by atoms with E-state index < -0.39 is 0 Å². The minimum absolute atomic E-state index is 0.191. The topological polar surface area (TPSA) is 0 Å². The first-order valence-corrected chi connectivity index (χ1v) is 4.31. The molecule has 10 heavy (non-hydrogen) atoms. The molecule has 0 spiro atoms. The molecule has 0 radical (unpaired) electrons. The first-order valence-electron chi connectivity index (χ1n) is 2.72. The van der Waals surface area contributed by atoms with Crippen LogP contribution in [0.2, 0.25) is 0 Å². The first-order chi connectivity index (χ1) is 4.61. The van der Waals surface area contributed by atoms with Gasteiger partial charge in [-0.05, 0) is 40.5 Å². The molecule has 3 heteroatoms. The van der Waals surface area contributed by atoms with Crippen molar-refractivity contribution in [3.8, 4) is 0 Å². The molecule has 0 aliphatic heterocycles. The molecule has 0 bridgehead atoms. The molecule has 1 aromatic rings. The third-order valence-electron chi connectivity index (χ3n) is 1.17. The van der Waals surface area contributed by atoms with Crippen molar-refractivity contribution in [2.75, 3.05) is 0 Å². The molecule has 0 nitrogen and oxygen atoms in total. The highest BCUT2D eigenvalue weighted by Gasteiger charge is 2.02. The third kappa shape index (κ3) is 1.58. The number of rotatable bonds is 0. The summed E-state index contributed by atoms with van der Waals surface area (Å²) in [6, 6.07) is 3.42. The SMILES string of the molecule is Cc1cc(Br)cc(Br)c1F. The number of hydrogen-bond acceptors (Lipinski definition) is 0. The number of aryl methyl sites for hydroxylation is 1. The molecule has 0 fully saturated rings. The fourth-order valence-electron chi connectivity index (χ4n) is 0.685. The Balaban J connectivity index is 3.31. The van der Waals surface area contributed by atoms with E-state index in [2.05, 4.69) is 31.9 Å². The highest BCUT2D eigenvalue weighted by atomic mass is 79.9. The zero-order valence-electron chi connectivity index (χ0n) is 5.29. The van der Waals surface area contributed by atoms with Gasteiger partial charge in [0, 0.05) is 4.47 Å². The highest BCUT2D eigenvalue weighted by Crippen LogP contribution is 2.23. The van der Waals surface area contributed by atoms with E-state index in [1.54, 1.807) is 19.1 Å². The van der Waals surface area contributed by atoms with Crippen molar-refractivity contribution in [2.24, 2.45) is 0 Å². The Morgan fingerprint density at radius 3 is 2.40 bits per heavy atom. The van der Waals surface area contributed by atoms with Crippen LogP contribution in [0.1, 0.15) is 5.56 Å². The van der Waals surface area contributed by atoms with Gasteiger partial charge < -0.3 is 0 Å². The monoisotopic (exact) mass is 266 g/mol. The minimum atomic E-state index is -0.191. The third-order valence-corrected chi connectivity index (χ3v) is 2.21. The maximum absolute atomic E-state index is 12.8. The summed E-state index contributed by atoms with van der Waals surface area (Å²) in [7, 11) is 0. The van der Waals surface area contributed by atoms with E-state index >= 15 is 0 Å². The second kappa shape index (κ2) is 3.01. The molecule has 54 valence electrons. The lowest BCUT2D eigenvalue weighted by Crippen LogP contribution is -1.82. The smallest absolute Gasteiger partial charge is 0.140 e. The van der Waals surface area contributed by atoms with Crippen molar-refractivity contribution in [3.05, 3.63) is 32.5 Å². The Morgan fingerprint density at radius 2 is 1.90 bits per heavy atom. The van der Waals surface area contributed by atoms with E-state index in [1.807, 2.05) is 0 Å². The molecule has 0 unspecified atom stereocenters. The van der Waals surface area contributed by atoms with Gasteiger partial charge in [-0.1, -0.05) is 15.9 Å². The van der Waals surface area contributed by atoms with Crippen molar-refractivity contribution < 1.29 is 4.39 Å². The summed E-state index contributed by atoms with van der Waals surface area (Å²) in [4.78, 5) is 0. The summed E-state index contributed by atoms with van der Waals surface area (Å²) < 4.78 is 14.2. The first kappa shape index (κ1) is 8.21. The lowest BCUT2D eigenvalue weighted by molar-refractivity contribution is 0.611. The fraction of sp³-hybridized carbons (Fsp3) is 0.143. The van der Waals surface area contributed by atoms with Crippen LogP contribution in [0.4, 0.5) is 4.39 Å². The Hall–Kier alpha value is 0.110. The van der Waals surface area contributed by atoms with E-state index in [1.165, 1.54) is 0 Å². The molecule has 0 N–H and O–H groups in total. The summed E-state index contributed by atoms with van der Waals surface area (Å²) in [5.41, 5.74) is 0.640. The van der Waals surface area contributed by atoms with Crippen LogP contribution in [0.3, 0.4) is 0 Å². The van der Waals surface area contributed by atoms with Gasteiger partial charge in [0.15, 0.2) is 0 Å². The lowest BCUT2D eigenvalue weighted by atomic mass is 10.2. The van der Waals surface area contributed by atoms with E-state index in [-0.39, 0.29) is 5.82 Å². The van der Waals surface area contributed by atoms with Gasteiger partial charge in [-0.25, -0.2) is 4.39 Å². The van der Waals surface area contributed by atoms with Crippen molar-refractivity contribution in [1.29, 1.82) is 0 Å². The normalized spacial score (nSPS) is 10.0. The van der Waals surface area contributed by atoms with Crippen LogP contribution in [-0.4, -0.2) is 0 Å². The quantitative estimate of drug-likeness (QED) is 0.630. The van der Waals surface area contributed by atoms with E-state index in [0.717, 1.165) is 4.47 Å². The van der Waals surface area contributed by atoms with Gasteiger partial charge in [0.25, 0.3) is 0 Å². The molecular formula is C7H5Br2F. The second-order valence-electron chi connectivity index (χ2n) is 2.02. The largest absolute Gasteiger partial charge is 0.205 e. The van der Waals surface area contributed by atoms with Crippen LogP contribution in [0.25, 0.3) is 0 Å². The Bertz CT molecular complexity index is 235.